The fraction of sp³-hybridized carbons (Fsp3) is 0.667. The number of rotatable bonds is 4. The van der Waals surface area contributed by atoms with Crippen molar-refractivity contribution in [3.05, 3.63) is 29.8 Å². The first-order chi connectivity index (χ1) is 9.81. The number of hydrogen-bond acceptors (Lipinski definition) is 2. The van der Waals surface area contributed by atoms with E-state index in [1.165, 1.54) is 43.5 Å². The molecule has 0 aliphatic heterocycles. The largest absolute Gasteiger partial charge is 0.385 e. The van der Waals surface area contributed by atoms with E-state index in [1.807, 2.05) is 0 Å². The molecule has 5 rings (SSSR count). The van der Waals surface area contributed by atoms with Gasteiger partial charge in [-0.1, -0.05) is 12.1 Å². The number of nitrogens with two attached hydrogens (primary N) is 1. The second kappa shape index (κ2) is 5.07. The fourth-order valence-corrected chi connectivity index (χ4v) is 5.37. The van der Waals surface area contributed by atoms with Crippen LogP contribution in [0.1, 0.15) is 37.7 Å². The molecule has 4 saturated carbocycles. The molecule has 20 heavy (non-hydrogen) atoms. The quantitative estimate of drug-likeness (QED) is 0.877. The van der Waals surface area contributed by atoms with Gasteiger partial charge >= 0.3 is 0 Å². The molecule has 4 aliphatic carbocycles. The normalized spacial score (nSPS) is 38.1. The first kappa shape index (κ1) is 12.7. The molecule has 4 bridgehead atoms. The Bertz CT molecular complexity index is 437. The van der Waals surface area contributed by atoms with Crippen molar-refractivity contribution in [2.24, 2.45) is 35.3 Å². The zero-order valence-electron chi connectivity index (χ0n) is 12.2. The van der Waals surface area contributed by atoms with E-state index in [0.29, 0.717) is 6.54 Å². The third-order valence-electron chi connectivity index (χ3n) is 6.15. The van der Waals surface area contributed by atoms with Crippen LogP contribution >= 0.6 is 0 Å². The summed E-state index contributed by atoms with van der Waals surface area (Å²) in [6.07, 6.45) is 7.63. The Morgan fingerprint density at radius 2 is 1.50 bits per heavy atom. The highest BCUT2D eigenvalue weighted by Gasteiger charge is 2.47. The third kappa shape index (κ3) is 2.24. The number of anilines is 1. The zero-order chi connectivity index (χ0) is 13.5. The summed E-state index contributed by atoms with van der Waals surface area (Å²) in [6, 6.07) is 8.63. The predicted octanol–water partition coefficient (Wildman–Crippen LogP) is 3.63. The molecule has 0 saturated heterocycles. The summed E-state index contributed by atoms with van der Waals surface area (Å²) in [5.41, 5.74) is 8.12. The molecular formula is C18H26N2. The molecule has 0 atom stereocenters. The van der Waals surface area contributed by atoms with Gasteiger partial charge in [-0.25, -0.2) is 0 Å². The topological polar surface area (TPSA) is 38.0 Å². The van der Waals surface area contributed by atoms with Gasteiger partial charge in [0.05, 0.1) is 0 Å². The maximum atomic E-state index is 5.65. The minimum absolute atomic E-state index is 0.635. The van der Waals surface area contributed by atoms with Gasteiger partial charge in [-0.15, -0.1) is 0 Å². The van der Waals surface area contributed by atoms with Crippen molar-refractivity contribution in [1.29, 1.82) is 0 Å². The monoisotopic (exact) mass is 270 g/mol. The smallest absolute Gasteiger partial charge is 0.0340 e. The van der Waals surface area contributed by atoms with E-state index in [-0.39, 0.29) is 0 Å². The molecule has 0 amide bonds. The van der Waals surface area contributed by atoms with Crippen LogP contribution in [0, 0.1) is 29.6 Å². The van der Waals surface area contributed by atoms with Gasteiger partial charge in [0.25, 0.3) is 0 Å². The highest BCUT2D eigenvalue weighted by atomic mass is 14.9. The highest BCUT2D eigenvalue weighted by Crippen LogP contribution is 2.56. The fourth-order valence-electron chi connectivity index (χ4n) is 5.37. The molecule has 1 aromatic carbocycles. The molecule has 3 N–H and O–H groups in total. The maximum Gasteiger partial charge on any atom is 0.0340 e. The van der Waals surface area contributed by atoms with Crippen LogP contribution in [0.4, 0.5) is 5.69 Å². The van der Waals surface area contributed by atoms with Crippen LogP contribution in [-0.2, 0) is 6.54 Å². The average molecular weight is 270 g/mol. The van der Waals surface area contributed by atoms with Gasteiger partial charge in [0, 0.05) is 18.8 Å². The van der Waals surface area contributed by atoms with Gasteiger partial charge in [-0.05, 0) is 79.4 Å². The minimum atomic E-state index is 0.635. The number of nitrogens with one attached hydrogen (secondary N) is 1. The molecule has 0 unspecified atom stereocenters. The molecule has 2 heteroatoms. The van der Waals surface area contributed by atoms with Gasteiger partial charge < -0.3 is 11.1 Å². The standard InChI is InChI=1S/C18H26N2/c19-10-12-1-3-17(4-2-12)20-11-18-15-6-13-5-14(8-15)9-16(18)7-13/h1-4,13-16,18,20H,5-11,19H2. The lowest BCUT2D eigenvalue weighted by Crippen LogP contribution is -2.47. The van der Waals surface area contributed by atoms with E-state index in [2.05, 4.69) is 29.6 Å². The van der Waals surface area contributed by atoms with Gasteiger partial charge in [0.1, 0.15) is 0 Å². The van der Waals surface area contributed by atoms with Crippen LogP contribution in [0.3, 0.4) is 0 Å². The molecule has 0 aromatic heterocycles. The van der Waals surface area contributed by atoms with Gasteiger partial charge in [-0.3, -0.25) is 0 Å². The van der Waals surface area contributed by atoms with Crippen LogP contribution in [0.5, 0.6) is 0 Å². The van der Waals surface area contributed by atoms with Crippen molar-refractivity contribution in [3.8, 4) is 0 Å². The summed E-state index contributed by atoms with van der Waals surface area (Å²) in [5, 5.41) is 3.68. The second-order valence-corrected chi connectivity index (χ2v) is 7.38. The molecule has 0 heterocycles. The summed E-state index contributed by atoms with van der Waals surface area (Å²) in [7, 11) is 0. The van der Waals surface area contributed by atoms with Gasteiger partial charge in [-0.2, -0.15) is 0 Å². The molecule has 4 aliphatic rings. The van der Waals surface area contributed by atoms with E-state index < -0.39 is 0 Å². The van der Waals surface area contributed by atoms with Crippen LogP contribution in [0.2, 0.25) is 0 Å². The molecule has 4 fully saturated rings. The SMILES string of the molecule is NCc1ccc(NCC2C3CC4CC(C3)CC2C4)cc1. The van der Waals surface area contributed by atoms with E-state index in [4.69, 9.17) is 5.73 Å². The van der Waals surface area contributed by atoms with Crippen molar-refractivity contribution in [1.82, 2.24) is 0 Å². The molecule has 108 valence electrons. The van der Waals surface area contributed by atoms with E-state index in [9.17, 15) is 0 Å². The lowest BCUT2D eigenvalue weighted by Gasteiger charge is -2.54. The number of benzene rings is 1. The lowest BCUT2D eigenvalue weighted by atomic mass is 9.52. The van der Waals surface area contributed by atoms with Crippen LogP contribution in [0.15, 0.2) is 24.3 Å². The summed E-state index contributed by atoms with van der Waals surface area (Å²) < 4.78 is 0. The average Bonchev–Trinajstić information content (AvgIpc) is 2.46. The van der Waals surface area contributed by atoms with Crippen LogP contribution in [0.25, 0.3) is 0 Å². The highest BCUT2D eigenvalue weighted by molar-refractivity contribution is 5.44. The molecular weight excluding hydrogens is 244 g/mol. The van der Waals surface area contributed by atoms with E-state index in [1.54, 1.807) is 6.42 Å². The van der Waals surface area contributed by atoms with Crippen LogP contribution in [-0.4, -0.2) is 6.54 Å². The zero-order valence-corrected chi connectivity index (χ0v) is 12.2. The minimum Gasteiger partial charge on any atom is -0.385 e. The maximum absolute atomic E-state index is 5.65. The second-order valence-electron chi connectivity index (χ2n) is 7.38. The van der Waals surface area contributed by atoms with Crippen molar-refractivity contribution in [2.45, 2.75) is 38.6 Å². The first-order valence-electron chi connectivity index (χ1n) is 8.34. The Morgan fingerprint density at radius 1 is 0.900 bits per heavy atom. The Balaban J connectivity index is 1.39. The Morgan fingerprint density at radius 3 is 2.05 bits per heavy atom. The summed E-state index contributed by atoms with van der Waals surface area (Å²) >= 11 is 0. The summed E-state index contributed by atoms with van der Waals surface area (Å²) in [5.74, 6) is 5.12. The van der Waals surface area contributed by atoms with Crippen molar-refractivity contribution in [2.75, 3.05) is 11.9 Å². The summed E-state index contributed by atoms with van der Waals surface area (Å²) in [4.78, 5) is 0. The molecule has 0 spiro atoms. The lowest BCUT2D eigenvalue weighted by molar-refractivity contribution is -0.0305. The molecule has 2 nitrogen and oxygen atoms in total. The van der Waals surface area contributed by atoms with E-state index in [0.717, 1.165) is 29.6 Å². The predicted molar refractivity (Wildman–Crippen MR) is 83.4 cm³/mol. The molecule has 0 radical (unpaired) electrons. The van der Waals surface area contributed by atoms with Crippen LogP contribution < -0.4 is 11.1 Å². The Hall–Kier alpha value is -1.02. The molecule has 1 aromatic rings. The Labute approximate surface area is 122 Å². The number of hydrogen-bond donors (Lipinski definition) is 2. The van der Waals surface area contributed by atoms with Gasteiger partial charge in [0.15, 0.2) is 0 Å². The van der Waals surface area contributed by atoms with Gasteiger partial charge in [0.2, 0.25) is 0 Å². The first-order valence-corrected chi connectivity index (χ1v) is 8.34. The summed E-state index contributed by atoms with van der Waals surface area (Å²) in [6.45, 7) is 1.81. The van der Waals surface area contributed by atoms with Crippen molar-refractivity contribution in [3.63, 3.8) is 0 Å². The van der Waals surface area contributed by atoms with Crippen molar-refractivity contribution >= 4 is 5.69 Å². The Kier molecular flexibility index (Phi) is 3.22. The van der Waals surface area contributed by atoms with Crippen molar-refractivity contribution < 1.29 is 0 Å². The third-order valence-corrected chi connectivity index (χ3v) is 6.15. The van der Waals surface area contributed by atoms with E-state index >= 15 is 0 Å².